The lowest BCUT2D eigenvalue weighted by atomic mass is 9.85. The van der Waals surface area contributed by atoms with E-state index in [4.69, 9.17) is 4.52 Å². The number of nitrogens with zero attached hydrogens (tertiary/aromatic N) is 2. The highest BCUT2D eigenvalue weighted by Crippen LogP contribution is 2.31. The molecule has 0 radical (unpaired) electrons. The molecule has 2 unspecified atom stereocenters. The van der Waals surface area contributed by atoms with Crippen molar-refractivity contribution in [2.24, 2.45) is 11.8 Å². The van der Waals surface area contributed by atoms with E-state index in [1.54, 1.807) is 0 Å². The summed E-state index contributed by atoms with van der Waals surface area (Å²) < 4.78 is 5.45. The van der Waals surface area contributed by atoms with Crippen LogP contribution in [0.3, 0.4) is 0 Å². The van der Waals surface area contributed by atoms with Gasteiger partial charge in [-0.25, -0.2) is 0 Å². The van der Waals surface area contributed by atoms with Crippen LogP contribution in [0.5, 0.6) is 0 Å². The normalized spacial score (nSPS) is 25.3. The van der Waals surface area contributed by atoms with Crippen LogP contribution in [0.25, 0.3) is 0 Å². The third-order valence-corrected chi connectivity index (χ3v) is 6.26. The second-order valence-electron chi connectivity index (χ2n) is 6.61. The molecule has 1 aromatic heterocycles. The molecule has 118 valence electrons. The SMILES string of the molecule is CC(Cc1nc(CSC2CCCC2)no1)C1CCCNC1. The number of aromatic nitrogens is 2. The number of piperidine rings is 1. The zero-order valence-electron chi connectivity index (χ0n) is 13.0. The summed E-state index contributed by atoms with van der Waals surface area (Å²) in [7, 11) is 0. The standard InChI is InChI=1S/C16H27N3OS/c1-12(13-5-4-8-17-10-13)9-16-18-15(19-20-16)11-21-14-6-2-3-7-14/h12-14,17H,2-11H2,1H3. The van der Waals surface area contributed by atoms with E-state index >= 15 is 0 Å². The van der Waals surface area contributed by atoms with Gasteiger partial charge in [-0.3, -0.25) is 0 Å². The second kappa shape index (κ2) is 7.63. The quantitative estimate of drug-likeness (QED) is 0.872. The predicted octanol–water partition coefficient (Wildman–Crippen LogP) is 3.42. The topological polar surface area (TPSA) is 51.0 Å². The molecule has 2 aliphatic rings. The van der Waals surface area contributed by atoms with Crippen LogP contribution in [0, 0.1) is 11.8 Å². The molecular weight excluding hydrogens is 282 g/mol. The molecule has 5 heteroatoms. The van der Waals surface area contributed by atoms with Gasteiger partial charge in [0.15, 0.2) is 5.82 Å². The first-order valence-electron chi connectivity index (χ1n) is 8.45. The largest absolute Gasteiger partial charge is 0.339 e. The lowest BCUT2D eigenvalue weighted by Gasteiger charge is -2.27. The molecule has 21 heavy (non-hydrogen) atoms. The van der Waals surface area contributed by atoms with E-state index in [0.29, 0.717) is 5.92 Å². The van der Waals surface area contributed by atoms with Gasteiger partial charge in [-0.2, -0.15) is 16.7 Å². The molecular formula is C16H27N3OS. The van der Waals surface area contributed by atoms with Gasteiger partial charge in [-0.15, -0.1) is 0 Å². The van der Waals surface area contributed by atoms with Gasteiger partial charge in [0, 0.05) is 11.7 Å². The summed E-state index contributed by atoms with van der Waals surface area (Å²) >= 11 is 2.00. The smallest absolute Gasteiger partial charge is 0.226 e. The molecule has 0 amide bonds. The van der Waals surface area contributed by atoms with Crippen molar-refractivity contribution in [1.29, 1.82) is 0 Å². The highest BCUT2D eigenvalue weighted by Gasteiger charge is 2.22. The first kappa shape index (κ1) is 15.3. The van der Waals surface area contributed by atoms with Gasteiger partial charge in [0.05, 0.1) is 5.75 Å². The Balaban J connectivity index is 1.45. The average Bonchev–Trinajstić information content (AvgIpc) is 3.17. The fourth-order valence-corrected chi connectivity index (χ4v) is 4.65. The highest BCUT2D eigenvalue weighted by molar-refractivity contribution is 7.99. The maximum absolute atomic E-state index is 5.45. The monoisotopic (exact) mass is 309 g/mol. The Morgan fingerprint density at radius 1 is 1.29 bits per heavy atom. The molecule has 4 nitrogen and oxygen atoms in total. The van der Waals surface area contributed by atoms with Gasteiger partial charge in [0.25, 0.3) is 0 Å². The molecule has 1 aromatic rings. The van der Waals surface area contributed by atoms with Crippen molar-refractivity contribution in [1.82, 2.24) is 15.5 Å². The molecule has 1 aliphatic heterocycles. The van der Waals surface area contributed by atoms with Gasteiger partial charge in [-0.1, -0.05) is 24.9 Å². The molecule has 1 N–H and O–H groups in total. The fourth-order valence-electron chi connectivity index (χ4n) is 3.49. The first-order valence-corrected chi connectivity index (χ1v) is 9.50. The van der Waals surface area contributed by atoms with E-state index in [9.17, 15) is 0 Å². The van der Waals surface area contributed by atoms with Gasteiger partial charge >= 0.3 is 0 Å². The predicted molar refractivity (Wildman–Crippen MR) is 86.3 cm³/mol. The van der Waals surface area contributed by atoms with Gasteiger partial charge in [0.2, 0.25) is 5.89 Å². The minimum absolute atomic E-state index is 0.619. The maximum Gasteiger partial charge on any atom is 0.226 e. The van der Waals surface area contributed by atoms with Crippen LogP contribution in [-0.2, 0) is 12.2 Å². The van der Waals surface area contributed by atoms with E-state index in [1.807, 2.05) is 11.8 Å². The summed E-state index contributed by atoms with van der Waals surface area (Å²) in [6.07, 6.45) is 9.05. The Kier molecular flexibility index (Phi) is 5.58. The molecule has 2 fully saturated rings. The Labute approximate surface area is 131 Å². The molecule has 0 spiro atoms. The Hall–Kier alpha value is -0.550. The third kappa shape index (κ3) is 4.46. The Bertz CT molecular complexity index is 425. The van der Waals surface area contributed by atoms with Crippen LogP contribution in [0.4, 0.5) is 0 Å². The third-order valence-electron chi connectivity index (χ3n) is 4.90. The number of hydrogen-bond acceptors (Lipinski definition) is 5. The minimum atomic E-state index is 0.619. The summed E-state index contributed by atoms with van der Waals surface area (Å²) in [5.74, 6) is 3.99. The second-order valence-corrected chi connectivity index (χ2v) is 7.90. The van der Waals surface area contributed by atoms with Crippen molar-refractivity contribution in [2.75, 3.05) is 13.1 Å². The van der Waals surface area contributed by atoms with Crippen molar-refractivity contribution in [3.63, 3.8) is 0 Å². The molecule has 2 atom stereocenters. The summed E-state index contributed by atoms with van der Waals surface area (Å²) in [6, 6.07) is 0. The molecule has 1 aliphatic carbocycles. The molecule has 3 rings (SSSR count). The van der Waals surface area contributed by atoms with Crippen molar-refractivity contribution in [3.05, 3.63) is 11.7 Å². The molecule has 0 aromatic carbocycles. The summed E-state index contributed by atoms with van der Waals surface area (Å²) in [5, 5.41) is 8.46. The Morgan fingerprint density at radius 2 is 2.14 bits per heavy atom. The number of rotatable bonds is 6. The number of hydrogen-bond donors (Lipinski definition) is 1. The zero-order chi connectivity index (χ0) is 14.5. The summed E-state index contributed by atoms with van der Waals surface area (Å²) in [6.45, 7) is 4.63. The fraction of sp³-hybridized carbons (Fsp3) is 0.875. The van der Waals surface area contributed by atoms with Crippen molar-refractivity contribution in [2.45, 2.75) is 62.9 Å². The average molecular weight is 309 g/mol. The van der Waals surface area contributed by atoms with Crippen LogP contribution in [0.2, 0.25) is 0 Å². The van der Waals surface area contributed by atoms with Crippen LogP contribution in [0.15, 0.2) is 4.52 Å². The summed E-state index contributed by atoms with van der Waals surface area (Å²) in [4.78, 5) is 4.59. The molecule has 2 heterocycles. The van der Waals surface area contributed by atoms with E-state index in [0.717, 1.165) is 41.6 Å². The number of thioether (sulfide) groups is 1. The molecule has 1 saturated carbocycles. The van der Waals surface area contributed by atoms with Crippen molar-refractivity contribution >= 4 is 11.8 Å². The van der Waals surface area contributed by atoms with E-state index in [1.165, 1.54) is 45.1 Å². The van der Waals surface area contributed by atoms with Gasteiger partial charge < -0.3 is 9.84 Å². The zero-order valence-corrected chi connectivity index (χ0v) is 13.8. The summed E-state index contributed by atoms with van der Waals surface area (Å²) in [5.41, 5.74) is 0. The first-order chi connectivity index (χ1) is 10.3. The Morgan fingerprint density at radius 3 is 2.90 bits per heavy atom. The molecule has 1 saturated heterocycles. The van der Waals surface area contributed by atoms with E-state index in [2.05, 4.69) is 22.4 Å². The lowest BCUT2D eigenvalue weighted by molar-refractivity contribution is 0.256. The highest BCUT2D eigenvalue weighted by atomic mass is 32.2. The van der Waals surface area contributed by atoms with Crippen LogP contribution < -0.4 is 5.32 Å². The van der Waals surface area contributed by atoms with Gasteiger partial charge in [-0.05, 0) is 50.6 Å². The van der Waals surface area contributed by atoms with E-state index in [-0.39, 0.29) is 0 Å². The van der Waals surface area contributed by atoms with E-state index < -0.39 is 0 Å². The van der Waals surface area contributed by atoms with Crippen LogP contribution >= 0.6 is 11.8 Å². The van der Waals surface area contributed by atoms with Crippen LogP contribution in [0.1, 0.15) is 57.2 Å². The van der Waals surface area contributed by atoms with Crippen LogP contribution in [-0.4, -0.2) is 28.5 Å². The molecule has 0 bridgehead atoms. The minimum Gasteiger partial charge on any atom is -0.339 e. The van der Waals surface area contributed by atoms with Crippen molar-refractivity contribution < 1.29 is 4.52 Å². The number of nitrogens with one attached hydrogen (secondary N) is 1. The maximum atomic E-state index is 5.45. The lowest BCUT2D eigenvalue weighted by Crippen LogP contribution is -2.33. The van der Waals surface area contributed by atoms with Crippen molar-refractivity contribution in [3.8, 4) is 0 Å². The van der Waals surface area contributed by atoms with Gasteiger partial charge in [0.1, 0.15) is 0 Å².